The van der Waals surface area contributed by atoms with Gasteiger partial charge in [-0.15, -0.1) is 0 Å². The van der Waals surface area contributed by atoms with Crippen molar-refractivity contribution in [3.05, 3.63) is 28.2 Å². The number of nitrogens with zero attached hydrogens (tertiary/aromatic N) is 1. The molecule has 2 nitrogen and oxygen atoms in total. The lowest BCUT2D eigenvalue weighted by atomic mass is 10.1. The summed E-state index contributed by atoms with van der Waals surface area (Å²) >= 11 is 3.50. The summed E-state index contributed by atoms with van der Waals surface area (Å²) in [7, 11) is 0. The van der Waals surface area contributed by atoms with Gasteiger partial charge in [-0.1, -0.05) is 28.8 Å². The summed E-state index contributed by atoms with van der Waals surface area (Å²) in [4.78, 5) is 2.52. The topological polar surface area (TPSA) is 29.3 Å². The molecule has 1 fully saturated rings. The quantitative estimate of drug-likeness (QED) is 0.843. The monoisotopic (exact) mass is 282 g/mol. The molecule has 1 aromatic rings. The molecule has 1 aliphatic rings. The van der Waals surface area contributed by atoms with Gasteiger partial charge in [-0.25, -0.2) is 0 Å². The van der Waals surface area contributed by atoms with E-state index in [0.717, 1.165) is 16.7 Å². The Morgan fingerprint density at radius 3 is 2.50 bits per heavy atom. The molecule has 0 radical (unpaired) electrons. The van der Waals surface area contributed by atoms with E-state index in [1.807, 2.05) is 12.1 Å². The maximum absolute atomic E-state index is 6.00. The SMILES string of the molecule is Nc1ccc(Br)cc1CN1CCCCCC1. The molecule has 1 aromatic carbocycles. The molecule has 0 aliphatic carbocycles. The van der Waals surface area contributed by atoms with Crippen molar-refractivity contribution in [2.45, 2.75) is 32.2 Å². The minimum atomic E-state index is 0.910. The van der Waals surface area contributed by atoms with Gasteiger partial charge in [-0.2, -0.15) is 0 Å². The number of hydrogen-bond donors (Lipinski definition) is 1. The zero-order chi connectivity index (χ0) is 11.4. The Hall–Kier alpha value is -0.540. The fourth-order valence-electron chi connectivity index (χ4n) is 2.25. The molecule has 2 N–H and O–H groups in total. The van der Waals surface area contributed by atoms with Crippen molar-refractivity contribution >= 4 is 21.6 Å². The van der Waals surface area contributed by atoms with Crippen molar-refractivity contribution in [3.8, 4) is 0 Å². The molecule has 2 rings (SSSR count). The Labute approximate surface area is 106 Å². The third-order valence-corrected chi connectivity index (χ3v) is 3.69. The maximum atomic E-state index is 6.00. The normalized spacial score (nSPS) is 18.3. The number of nitrogens with two attached hydrogens (primary N) is 1. The second-order valence-corrected chi connectivity index (χ2v) is 5.45. The van der Waals surface area contributed by atoms with Crippen LogP contribution in [-0.2, 0) is 6.54 Å². The zero-order valence-electron chi connectivity index (χ0n) is 9.58. The Bertz CT molecular complexity index is 344. The number of benzene rings is 1. The van der Waals surface area contributed by atoms with Crippen LogP contribution in [0.2, 0.25) is 0 Å². The summed E-state index contributed by atoms with van der Waals surface area (Å²) in [5.41, 5.74) is 8.15. The highest BCUT2D eigenvalue weighted by atomic mass is 79.9. The van der Waals surface area contributed by atoms with E-state index in [0.29, 0.717) is 0 Å². The standard InChI is InChI=1S/C13H19BrN2/c14-12-5-6-13(15)11(9-12)10-16-7-3-1-2-4-8-16/h5-6,9H,1-4,7-8,10,15H2. The molecule has 1 aliphatic heterocycles. The van der Waals surface area contributed by atoms with Crippen LogP contribution in [0.5, 0.6) is 0 Å². The van der Waals surface area contributed by atoms with Gasteiger partial charge in [0.15, 0.2) is 0 Å². The maximum Gasteiger partial charge on any atom is 0.0360 e. The first-order chi connectivity index (χ1) is 7.75. The van der Waals surface area contributed by atoms with Crippen LogP contribution in [0.15, 0.2) is 22.7 Å². The van der Waals surface area contributed by atoms with Crippen LogP contribution in [0.25, 0.3) is 0 Å². The molecule has 1 heterocycles. The van der Waals surface area contributed by atoms with E-state index in [2.05, 4.69) is 26.9 Å². The third-order valence-electron chi connectivity index (χ3n) is 3.20. The molecule has 0 unspecified atom stereocenters. The van der Waals surface area contributed by atoms with E-state index < -0.39 is 0 Å². The fourth-order valence-corrected chi connectivity index (χ4v) is 2.65. The number of rotatable bonds is 2. The van der Waals surface area contributed by atoms with E-state index in [4.69, 9.17) is 5.73 Å². The number of likely N-dealkylation sites (tertiary alicyclic amines) is 1. The van der Waals surface area contributed by atoms with Gasteiger partial charge in [0.05, 0.1) is 0 Å². The van der Waals surface area contributed by atoms with Gasteiger partial charge in [-0.3, -0.25) is 4.90 Å². The Morgan fingerprint density at radius 1 is 1.12 bits per heavy atom. The van der Waals surface area contributed by atoms with E-state index in [1.165, 1.54) is 44.3 Å². The first-order valence-corrected chi connectivity index (χ1v) is 6.81. The summed E-state index contributed by atoms with van der Waals surface area (Å²) in [6.07, 6.45) is 5.41. The van der Waals surface area contributed by atoms with Gasteiger partial charge in [0, 0.05) is 16.7 Å². The number of anilines is 1. The van der Waals surface area contributed by atoms with Crippen molar-refractivity contribution in [1.29, 1.82) is 0 Å². The predicted molar refractivity (Wildman–Crippen MR) is 72.3 cm³/mol. The molecule has 1 saturated heterocycles. The van der Waals surface area contributed by atoms with E-state index in [-0.39, 0.29) is 0 Å². The van der Waals surface area contributed by atoms with Gasteiger partial charge in [-0.05, 0) is 49.7 Å². The molecule has 0 spiro atoms. The van der Waals surface area contributed by atoms with Crippen LogP contribution in [0.3, 0.4) is 0 Å². The van der Waals surface area contributed by atoms with E-state index in [1.54, 1.807) is 0 Å². The summed E-state index contributed by atoms with van der Waals surface area (Å²) in [5, 5.41) is 0. The highest BCUT2D eigenvalue weighted by molar-refractivity contribution is 9.10. The van der Waals surface area contributed by atoms with Crippen LogP contribution in [0.4, 0.5) is 5.69 Å². The lowest BCUT2D eigenvalue weighted by Crippen LogP contribution is -2.24. The highest BCUT2D eigenvalue weighted by Gasteiger charge is 2.10. The first-order valence-electron chi connectivity index (χ1n) is 6.02. The van der Waals surface area contributed by atoms with E-state index in [9.17, 15) is 0 Å². The second-order valence-electron chi connectivity index (χ2n) is 4.53. The molecular weight excluding hydrogens is 264 g/mol. The number of nitrogen functional groups attached to an aromatic ring is 1. The summed E-state index contributed by atoms with van der Waals surface area (Å²) < 4.78 is 1.12. The molecule has 0 aromatic heterocycles. The molecule has 0 bridgehead atoms. The molecule has 3 heteroatoms. The highest BCUT2D eigenvalue weighted by Crippen LogP contribution is 2.21. The minimum Gasteiger partial charge on any atom is -0.398 e. The fraction of sp³-hybridized carbons (Fsp3) is 0.538. The zero-order valence-corrected chi connectivity index (χ0v) is 11.2. The summed E-state index contributed by atoms with van der Waals surface area (Å²) in [5.74, 6) is 0. The first kappa shape index (κ1) is 11.9. The van der Waals surface area contributed by atoms with Crippen LogP contribution in [-0.4, -0.2) is 18.0 Å². The smallest absolute Gasteiger partial charge is 0.0360 e. The average Bonchev–Trinajstić information content (AvgIpc) is 2.52. The number of halogens is 1. The van der Waals surface area contributed by atoms with Gasteiger partial charge in [0.2, 0.25) is 0 Å². The molecule has 88 valence electrons. The molecular formula is C13H19BrN2. The van der Waals surface area contributed by atoms with Crippen LogP contribution >= 0.6 is 15.9 Å². The largest absolute Gasteiger partial charge is 0.398 e. The second kappa shape index (κ2) is 5.69. The van der Waals surface area contributed by atoms with Gasteiger partial charge < -0.3 is 5.73 Å². The summed E-state index contributed by atoms with van der Waals surface area (Å²) in [6, 6.07) is 6.12. The summed E-state index contributed by atoms with van der Waals surface area (Å²) in [6.45, 7) is 3.42. The molecule has 0 amide bonds. The van der Waals surface area contributed by atoms with Gasteiger partial charge in [0.25, 0.3) is 0 Å². The Morgan fingerprint density at radius 2 is 1.81 bits per heavy atom. The van der Waals surface area contributed by atoms with Gasteiger partial charge >= 0.3 is 0 Å². The molecule has 0 saturated carbocycles. The average molecular weight is 283 g/mol. The van der Waals surface area contributed by atoms with Crippen molar-refractivity contribution in [2.75, 3.05) is 18.8 Å². The number of hydrogen-bond acceptors (Lipinski definition) is 2. The Balaban J connectivity index is 2.04. The van der Waals surface area contributed by atoms with Crippen molar-refractivity contribution < 1.29 is 0 Å². The van der Waals surface area contributed by atoms with E-state index >= 15 is 0 Å². The lowest BCUT2D eigenvalue weighted by molar-refractivity contribution is 0.277. The van der Waals surface area contributed by atoms with Crippen LogP contribution in [0.1, 0.15) is 31.2 Å². The van der Waals surface area contributed by atoms with Crippen LogP contribution in [0, 0.1) is 0 Å². The predicted octanol–water partition coefficient (Wildman–Crippen LogP) is 3.41. The molecule has 16 heavy (non-hydrogen) atoms. The van der Waals surface area contributed by atoms with Crippen molar-refractivity contribution in [1.82, 2.24) is 4.90 Å². The lowest BCUT2D eigenvalue weighted by Gasteiger charge is -2.20. The molecule has 0 atom stereocenters. The van der Waals surface area contributed by atoms with Crippen molar-refractivity contribution in [2.24, 2.45) is 0 Å². The van der Waals surface area contributed by atoms with Gasteiger partial charge in [0.1, 0.15) is 0 Å². The van der Waals surface area contributed by atoms with Crippen molar-refractivity contribution in [3.63, 3.8) is 0 Å². The third kappa shape index (κ3) is 3.22. The minimum absolute atomic E-state index is 0.910. The Kier molecular flexibility index (Phi) is 4.24. The van der Waals surface area contributed by atoms with Crippen LogP contribution < -0.4 is 5.73 Å².